The predicted molar refractivity (Wildman–Crippen MR) is 122 cm³/mol. The average molecular weight is 520 g/mol. The van der Waals surface area contributed by atoms with Crippen molar-refractivity contribution in [3.63, 3.8) is 0 Å². The zero-order valence-corrected chi connectivity index (χ0v) is 19.3. The number of nitrogens with zero attached hydrogens (tertiary/aromatic N) is 2. The van der Waals surface area contributed by atoms with Crippen molar-refractivity contribution in [2.45, 2.75) is 45.3 Å². The minimum Gasteiger partial charge on any atom is -0.357 e. The number of hydrogen-bond donors (Lipinski definition) is 2. The van der Waals surface area contributed by atoms with Gasteiger partial charge in [0, 0.05) is 32.1 Å². The van der Waals surface area contributed by atoms with E-state index in [-0.39, 0.29) is 47.4 Å². The molecule has 2 saturated heterocycles. The molecule has 9 heteroatoms. The Bertz CT molecular complexity index is 813. The highest BCUT2D eigenvalue weighted by Crippen LogP contribution is 2.18. The summed E-state index contributed by atoms with van der Waals surface area (Å²) in [6.07, 6.45) is 2.18. The van der Waals surface area contributed by atoms with E-state index in [2.05, 4.69) is 15.6 Å². The largest absolute Gasteiger partial charge is 0.357 e. The lowest BCUT2D eigenvalue weighted by atomic mass is 10.1. The number of guanidine groups is 1. The standard InChI is InChI=1S/C19H28N4O3S.HI/c1-2-20-19(22-17-9-11-27(25,26)14-17)21-12-15-6-3-4-7-16(15)13-23-10-5-8-18(23)24;/h3-4,6-7,17H,2,5,8-14H2,1H3,(H2,20,21,22);1H. The zero-order valence-electron chi connectivity index (χ0n) is 16.2. The summed E-state index contributed by atoms with van der Waals surface area (Å²) in [5.41, 5.74) is 2.18. The van der Waals surface area contributed by atoms with Gasteiger partial charge >= 0.3 is 0 Å². The number of amides is 1. The quantitative estimate of drug-likeness (QED) is 0.339. The Labute approximate surface area is 184 Å². The Morgan fingerprint density at radius 2 is 2.04 bits per heavy atom. The molecule has 1 amide bonds. The van der Waals surface area contributed by atoms with Crippen LogP contribution < -0.4 is 10.6 Å². The molecule has 28 heavy (non-hydrogen) atoms. The third-order valence-electron chi connectivity index (χ3n) is 4.98. The van der Waals surface area contributed by atoms with Crippen LogP contribution >= 0.6 is 24.0 Å². The number of carbonyl (C=O) groups is 1. The molecule has 0 spiro atoms. The van der Waals surface area contributed by atoms with E-state index in [1.54, 1.807) is 0 Å². The van der Waals surface area contributed by atoms with Crippen molar-refractivity contribution in [2.75, 3.05) is 24.6 Å². The van der Waals surface area contributed by atoms with Gasteiger partial charge in [-0.3, -0.25) is 4.79 Å². The highest BCUT2D eigenvalue weighted by molar-refractivity contribution is 14.0. The van der Waals surface area contributed by atoms with Crippen LogP contribution in [0.1, 0.15) is 37.3 Å². The monoisotopic (exact) mass is 520 g/mol. The molecule has 0 saturated carbocycles. The maximum atomic E-state index is 11.9. The van der Waals surface area contributed by atoms with Gasteiger partial charge in [0.2, 0.25) is 5.91 Å². The summed E-state index contributed by atoms with van der Waals surface area (Å²) < 4.78 is 23.3. The molecule has 3 rings (SSSR count). The molecule has 2 aliphatic rings. The van der Waals surface area contributed by atoms with E-state index in [4.69, 9.17) is 0 Å². The zero-order chi connectivity index (χ0) is 19.3. The fourth-order valence-corrected chi connectivity index (χ4v) is 5.20. The van der Waals surface area contributed by atoms with Gasteiger partial charge in [0.15, 0.2) is 15.8 Å². The van der Waals surface area contributed by atoms with Gasteiger partial charge < -0.3 is 15.5 Å². The molecule has 2 aliphatic heterocycles. The fourth-order valence-electron chi connectivity index (χ4n) is 3.53. The number of nitrogens with one attached hydrogen (secondary N) is 2. The van der Waals surface area contributed by atoms with E-state index < -0.39 is 9.84 Å². The second kappa shape index (κ2) is 10.4. The number of hydrogen-bond acceptors (Lipinski definition) is 4. The van der Waals surface area contributed by atoms with Crippen molar-refractivity contribution in [1.82, 2.24) is 15.5 Å². The Balaban J connectivity index is 0.00000280. The first kappa shape index (κ1) is 22.9. The molecule has 1 atom stereocenters. The number of halogens is 1. The van der Waals surface area contributed by atoms with Crippen molar-refractivity contribution >= 4 is 45.7 Å². The molecular weight excluding hydrogens is 491 g/mol. The predicted octanol–water partition coefficient (Wildman–Crippen LogP) is 1.67. The maximum Gasteiger partial charge on any atom is 0.222 e. The molecule has 1 unspecified atom stereocenters. The summed E-state index contributed by atoms with van der Waals surface area (Å²) in [7, 11) is -2.93. The van der Waals surface area contributed by atoms with Crippen LogP contribution in [0.3, 0.4) is 0 Å². The Morgan fingerprint density at radius 3 is 2.64 bits per heavy atom. The number of rotatable bonds is 6. The molecule has 7 nitrogen and oxygen atoms in total. The van der Waals surface area contributed by atoms with Gasteiger partial charge in [0.25, 0.3) is 0 Å². The van der Waals surface area contributed by atoms with Crippen molar-refractivity contribution in [2.24, 2.45) is 4.99 Å². The first-order valence-electron chi connectivity index (χ1n) is 9.56. The van der Waals surface area contributed by atoms with Gasteiger partial charge in [0.1, 0.15) is 0 Å². The molecule has 0 aliphatic carbocycles. The van der Waals surface area contributed by atoms with E-state index in [0.717, 1.165) is 24.1 Å². The van der Waals surface area contributed by atoms with Gasteiger partial charge in [-0.15, -0.1) is 24.0 Å². The lowest BCUT2D eigenvalue weighted by Crippen LogP contribution is -2.44. The number of aliphatic imine (C=N–C) groups is 1. The van der Waals surface area contributed by atoms with E-state index in [0.29, 0.717) is 38.4 Å². The molecule has 0 radical (unpaired) electrons. The third kappa shape index (κ3) is 6.33. The maximum absolute atomic E-state index is 11.9. The summed E-state index contributed by atoms with van der Waals surface area (Å²) in [6, 6.07) is 7.94. The fraction of sp³-hybridized carbons (Fsp3) is 0.579. The van der Waals surface area contributed by atoms with Crippen molar-refractivity contribution in [3.05, 3.63) is 35.4 Å². The third-order valence-corrected chi connectivity index (χ3v) is 6.74. The van der Waals surface area contributed by atoms with Crippen LogP contribution in [-0.2, 0) is 27.7 Å². The Morgan fingerprint density at radius 1 is 1.29 bits per heavy atom. The molecule has 0 aromatic heterocycles. The second-order valence-electron chi connectivity index (χ2n) is 7.13. The minimum atomic E-state index is -2.93. The topological polar surface area (TPSA) is 90.9 Å². The summed E-state index contributed by atoms with van der Waals surface area (Å²) in [6.45, 7) is 4.60. The van der Waals surface area contributed by atoms with Crippen molar-refractivity contribution in [3.8, 4) is 0 Å². The number of carbonyl (C=O) groups excluding carboxylic acids is 1. The van der Waals surface area contributed by atoms with E-state index >= 15 is 0 Å². The van der Waals surface area contributed by atoms with Crippen molar-refractivity contribution < 1.29 is 13.2 Å². The van der Waals surface area contributed by atoms with Crippen LogP contribution in [0.2, 0.25) is 0 Å². The molecule has 2 N–H and O–H groups in total. The van der Waals surface area contributed by atoms with Gasteiger partial charge in [0.05, 0.1) is 18.1 Å². The van der Waals surface area contributed by atoms with Gasteiger partial charge in [-0.2, -0.15) is 0 Å². The minimum absolute atomic E-state index is 0. The second-order valence-corrected chi connectivity index (χ2v) is 9.36. The average Bonchev–Trinajstić information content (AvgIpc) is 3.19. The van der Waals surface area contributed by atoms with E-state index in [9.17, 15) is 13.2 Å². The molecular formula is C19H29IN4O3S. The summed E-state index contributed by atoms with van der Waals surface area (Å²) >= 11 is 0. The molecule has 0 bridgehead atoms. The first-order chi connectivity index (χ1) is 13.0. The van der Waals surface area contributed by atoms with Gasteiger partial charge in [-0.05, 0) is 30.9 Å². The normalized spacial score (nSPS) is 21.5. The lowest BCUT2D eigenvalue weighted by molar-refractivity contribution is -0.128. The van der Waals surface area contributed by atoms with Gasteiger partial charge in [-0.25, -0.2) is 13.4 Å². The molecule has 2 heterocycles. The van der Waals surface area contributed by atoms with E-state index in [1.807, 2.05) is 36.1 Å². The first-order valence-corrected chi connectivity index (χ1v) is 11.4. The van der Waals surface area contributed by atoms with Crippen molar-refractivity contribution in [1.29, 1.82) is 0 Å². The molecule has 1 aromatic rings. The van der Waals surface area contributed by atoms with Crippen LogP contribution in [0.25, 0.3) is 0 Å². The number of likely N-dealkylation sites (tertiary alicyclic amines) is 1. The summed E-state index contributed by atoms with van der Waals surface area (Å²) in [4.78, 5) is 18.5. The van der Waals surface area contributed by atoms with Crippen LogP contribution in [0.4, 0.5) is 0 Å². The molecule has 2 fully saturated rings. The Hall–Kier alpha value is -1.36. The van der Waals surface area contributed by atoms with Gasteiger partial charge in [-0.1, -0.05) is 24.3 Å². The highest BCUT2D eigenvalue weighted by Gasteiger charge is 2.28. The van der Waals surface area contributed by atoms with Crippen LogP contribution in [0.15, 0.2) is 29.3 Å². The SMILES string of the molecule is CCNC(=NCc1ccccc1CN1CCCC1=O)NC1CCS(=O)(=O)C1.I. The number of benzene rings is 1. The van der Waals surface area contributed by atoms with Crippen LogP contribution in [-0.4, -0.2) is 55.8 Å². The highest BCUT2D eigenvalue weighted by atomic mass is 127. The smallest absolute Gasteiger partial charge is 0.222 e. The lowest BCUT2D eigenvalue weighted by Gasteiger charge is -2.18. The summed E-state index contributed by atoms with van der Waals surface area (Å²) in [5.74, 6) is 1.24. The van der Waals surface area contributed by atoms with E-state index in [1.165, 1.54) is 0 Å². The number of sulfone groups is 1. The van der Waals surface area contributed by atoms with Crippen LogP contribution in [0, 0.1) is 0 Å². The van der Waals surface area contributed by atoms with Crippen LogP contribution in [0.5, 0.6) is 0 Å². The summed E-state index contributed by atoms with van der Waals surface area (Å²) in [5, 5.41) is 6.42. The Kier molecular flexibility index (Phi) is 8.54. The molecule has 1 aromatic carbocycles. The molecule has 156 valence electrons.